The third kappa shape index (κ3) is 0.782. The van der Waals surface area contributed by atoms with Crippen LogP contribution in [0.2, 0.25) is 0 Å². The van der Waals surface area contributed by atoms with Crippen molar-refractivity contribution in [3.8, 4) is 0 Å². The minimum atomic E-state index is 0.600. The fourth-order valence-corrected chi connectivity index (χ4v) is 2.71. The molecule has 0 aromatic carbocycles. The van der Waals surface area contributed by atoms with Crippen molar-refractivity contribution in [1.29, 1.82) is 0 Å². The lowest BCUT2D eigenvalue weighted by atomic mass is 9.93. The summed E-state index contributed by atoms with van der Waals surface area (Å²) in [5.41, 5.74) is 6.26. The summed E-state index contributed by atoms with van der Waals surface area (Å²) in [6.45, 7) is 0. The van der Waals surface area contributed by atoms with Gasteiger partial charge in [-0.2, -0.15) is 0 Å². The Labute approximate surface area is 67.0 Å². The van der Waals surface area contributed by atoms with Gasteiger partial charge in [-0.3, -0.25) is 0 Å². The lowest BCUT2D eigenvalue weighted by Gasteiger charge is -2.15. The van der Waals surface area contributed by atoms with Crippen LogP contribution in [-0.2, 0) is 0 Å². The van der Waals surface area contributed by atoms with Crippen LogP contribution in [0.4, 0.5) is 0 Å². The second-order valence-electron chi connectivity index (χ2n) is 3.71. The largest absolute Gasteiger partial charge is 0.393 e. The first-order valence-electron chi connectivity index (χ1n) is 4.04. The maximum Gasteiger partial charge on any atom is 0.0764 e. The lowest BCUT2D eigenvalue weighted by molar-refractivity contribution is 0.462. The van der Waals surface area contributed by atoms with Crippen LogP contribution in [0.25, 0.3) is 0 Å². The minimum Gasteiger partial charge on any atom is -0.393 e. The van der Waals surface area contributed by atoms with Crippen molar-refractivity contribution >= 4 is 17.2 Å². The molecule has 1 unspecified atom stereocenters. The standard InChI is InChI=1S/C8H13NS/c9-7(10)6-2-1-3-8(6)4-5-8/h6H,1-5H2,(H2,9,10). The Bertz CT molecular complexity index is 172. The van der Waals surface area contributed by atoms with Gasteiger partial charge in [0.15, 0.2) is 0 Å². The van der Waals surface area contributed by atoms with Gasteiger partial charge in [0.1, 0.15) is 0 Å². The highest BCUT2D eigenvalue weighted by Gasteiger charge is 2.52. The molecule has 0 bridgehead atoms. The molecule has 2 saturated carbocycles. The fraction of sp³-hybridized carbons (Fsp3) is 0.875. The van der Waals surface area contributed by atoms with E-state index in [9.17, 15) is 0 Å². The normalized spacial score (nSPS) is 34.6. The van der Waals surface area contributed by atoms with E-state index in [4.69, 9.17) is 18.0 Å². The summed E-state index contributed by atoms with van der Waals surface area (Å²) in [4.78, 5) is 0.773. The van der Waals surface area contributed by atoms with Crippen LogP contribution in [-0.4, -0.2) is 4.99 Å². The predicted molar refractivity (Wildman–Crippen MR) is 45.8 cm³/mol. The Morgan fingerprint density at radius 2 is 2.10 bits per heavy atom. The van der Waals surface area contributed by atoms with Gasteiger partial charge in [-0.15, -0.1) is 0 Å². The Morgan fingerprint density at radius 1 is 1.40 bits per heavy atom. The summed E-state index contributed by atoms with van der Waals surface area (Å²) < 4.78 is 0. The van der Waals surface area contributed by atoms with Crippen molar-refractivity contribution in [1.82, 2.24) is 0 Å². The van der Waals surface area contributed by atoms with Gasteiger partial charge in [0.25, 0.3) is 0 Å². The molecule has 0 aliphatic heterocycles. The van der Waals surface area contributed by atoms with Gasteiger partial charge < -0.3 is 5.73 Å². The Balaban J connectivity index is 2.14. The minimum absolute atomic E-state index is 0.600. The van der Waals surface area contributed by atoms with Crippen molar-refractivity contribution in [2.75, 3.05) is 0 Å². The van der Waals surface area contributed by atoms with E-state index >= 15 is 0 Å². The summed E-state index contributed by atoms with van der Waals surface area (Å²) in [6, 6.07) is 0. The van der Waals surface area contributed by atoms with E-state index in [1.54, 1.807) is 0 Å². The Kier molecular flexibility index (Phi) is 1.28. The van der Waals surface area contributed by atoms with Gasteiger partial charge in [0.05, 0.1) is 4.99 Å². The molecule has 0 aromatic rings. The van der Waals surface area contributed by atoms with Gasteiger partial charge in [0.2, 0.25) is 0 Å². The molecule has 2 aliphatic rings. The zero-order valence-corrected chi connectivity index (χ0v) is 6.91. The van der Waals surface area contributed by atoms with Crippen molar-refractivity contribution in [3.05, 3.63) is 0 Å². The molecule has 10 heavy (non-hydrogen) atoms. The molecule has 2 N–H and O–H groups in total. The molecule has 1 atom stereocenters. The van der Waals surface area contributed by atoms with E-state index in [0.29, 0.717) is 11.3 Å². The molecule has 2 heteroatoms. The van der Waals surface area contributed by atoms with Gasteiger partial charge in [-0.1, -0.05) is 18.6 Å². The summed E-state index contributed by atoms with van der Waals surface area (Å²) in [7, 11) is 0. The van der Waals surface area contributed by atoms with Crippen LogP contribution < -0.4 is 5.73 Å². The van der Waals surface area contributed by atoms with Crippen LogP contribution in [0.15, 0.2) is 0 Å². The molecule has 0 amide bonds. The van der Waals surface area contributed by atoms with Crippen LogP contribution >= 0.6 is 12.2 Å². The molecule has 1 nitrogen and oxygen atoms in total. The van der Waals surface area contributed by atoms with Gasteiger partial charge in [-0.05, 0) is 31.1 Å². The molecule has 56 valence electrons. The number of hydrogen-bond donors (Lipinski definition) is 1. The number of thiocarbonyl (C=S) groups is 1. The van der Waals surface area contributed by atoms with Crippen LogP contribution in [0.5, 0.6) is 0 Å². The number of rotatable bonds is 1. The van der Waals surface area contributed by atoms with Gasteiger partial charge >= 0.3 is 0 Å². The highest BCUT2D eigenvalue weighted by molar-refractivity contribution is 7.80. The molecule has 1 spiro atoms. The van der Waals surface area contributed by atoms with Gasteiger partial charge in [0, 0.05) is 5.92 Å². The average Bonchev–Trinajstić information content (AvgIpc) is 2.42. The number of hydrogen-bond acceptors (Lipinski definition) is 1. The van der Waals surface area contributed by atoms with Crippen LogP contribution in [0, 0.1) is 11.3 Å². The molecule has 0 radical (unpaired) electrons. The first kappa shape index (κ1) is 6.59. The number of nitrogens with two attached hydrogens (primary N) is 1. The zero-order chi connectivity index (χ0) is 7.19. The first-order valence-corrected chi connectivity index (χ1v) is 4.45. The molecular formula is C8H13NS. The summed E-state index contributed by atoms with van der Waals surface area (Å²) in [5.74, 6) is 0.600. The maximum atomic E-state index is 5.64. The highest BCUT2D eigenvalue weighted by Crippen LogP contribution is 2.61. The van der Waals surface area contributed by atoms with E-state index in [-0.39, 0.29) is 0 Å². The molecule has 2 fully saturated rings. The van der Waals surface area contributed by atoms with E-state index in [2.05, 4.69) is 0 Å². The topological polar surface area (TPSA) is 26.0 Å². The zero-order valence-electron chi connectivity index (χ0n) is 6.10. The van der Waals surface area contributed by atoms with E-state index in [0.717, 1.165) is 4.99 Å². The second-order valence-corrected chi connectivity index (χ2v) is 4.18. The quantitative estimate of drug-likeness (QED) is 0.585. The fourth-order valence-electron chi connectivity index (χ4n) is 2.34. The molecule has 0 aromatic heterocycles. The van der Waals surface area contributed by atoms with Gasteiger partial charge in [-0.25, -0.2) is 0 Å². The van der Waals surface area contributed by atoms with Crippen molar-refractivity contribution in [2.24, 2.45) is 17.1 Å². The van der Waals surface area contributed by atoms with Crippen molar-refractivity contribution in [3.63, 3.8) is 0 Å². The third-order valence-corrected chi connectivity index (χ3v) is 3.43. The summed E-state index contributed by atoms with van der Waals surface area (Å²) in [5, 5.41) is 0. The smallest absolute Gasteiger partial charge is 0.0764 e. The monoisotopic (exact) mass is 155 g/mol. The molecule has 0 heterocycles. The first-order chi connectivity index (χ1) is 4.75. The predicted octanol–water partition coefficient (Wildman–Crippen LogP) is 1.85. The third-order valence-electron chi connectivity index (χ3n) is 3.14. The second kappa shape index (κ2) is 1.94. The van der Waals surface area contributed by atoms with E-state index < -0.39 is 0 Å². The van der Waals surface area contributed by atoms with E-state index in [1.165, 1.54) is 32.1 Å². The highest BCUT2D eigenvalue weighted by atomic mass is 32.1. The Hall–Kier alpha value is -0.110. The summed E-state index contributed by atoms with van der Waals surface area (Å²) in [6.07, 6.45) is 6.76. The molecule has 2 aliphatic carbocycles. The molecular weight excluding hydrogens is 142 g/mol. The molecule has 0 saturated heterocycles. The lowest BCUT2D eigenvalue weighted by Crippen LogP contribution is -2.25. The summed E-state index contributed by atoms with van der Waals surface area (Å²) >= 11 is 5.02. The van der Waals surface area contributed by atoms with Crippen LogP contribution in [0.1, 0.15) is 32.1 Å². The van der Waals surface area contributed by atoms with E-state index in [1.807, 2.05) is 0 Å². The average molecular weight is 155 g/mol. The van der Waals surface area contributed by atoms with Crippen molar-refractivity contribution in [2.45, 2.75) is 32.1 Å². The SMILES string of the molecule is NC(=S)C1CCCC12CC2. The van der Waals surface area contributed by atoms with Crippen molar-refractivity contribution < 1.29 is 0 Å². The molecule has 2 rings (SSSR count). The van der Waals surface area contributed by atoms with Crippen LogP contribution in [0.3, 0.4) is 0 Å². The maximum absolute atomic E-state index is 5.64. The Morgan fingerprint density at radius 3 is 2.50 bits per heavy atom.